The second kappa shape index (κ2) is 9.71. The largest absolute Gasteiger partial charge is 0.490 e. The minimum atomic E-state index is 0.159. The van der Waals surface area contributed by atoms with Gasteiger partial charge in [-0.25, -0.2) is 0 Å². The second-order valence-corrected chi connectivity index (χ2v) is 8.89. The lowest BCUT2D eigenvalue weighted by atomic mass is 10.3. The molecule has 0 spiro atoms. The highest BCUT2D eigenvalue weighted by molar-refractivity contribution is 8.00. The molecule has 158 valence electrons. The topological polar surface area (TPSA) is 63.5 Å². The van der Waals surface area contributed by atoms with Gasteiger partial charge in [-0.1, -0.05) is 0 Å². The molecule has 0 atom stereocenters. The van der Waals surface area contributed by atoms with Crippen molar-refractivity contribution in [2.45, 2.75) is 24.2 Å². The van der Waals surface area contributed by atoms with Gasteiger partial charge in [-0.15, -0.1) is 11.8 Å². The third-order valence-electron chi connectivity index (χ3n) is 5.76. The van der Waals surface area contributed by atoms with E-state index in [1.54, 1.807) is 0 Å². The lowest BCUT2D eigenvalue weighted by molar-refractivity contribution is -0.896. The minimum Gasteiger partial charge on any atom is -0.490 e. The number of nitrogens with one attached hydrogen (secondary N) is 1. The molecule has 0 unspecified atom stereocenters. The molecule has 8 heteroatoms. The molecule has 2 saturated heterocycles. The van der Waals surface area contributed by atoms with Crippen LogP contribution in [0.15, 0.2) is 23.1 Å². The zero-order chi connectivity index (χ0) is 20.1. The van der Waals surface area contributed by atoms with E-state index in [0.717, 1.165) is 74.9 Å². The molecule has 3 aliphatic rings. The number of carbonyl (C=O) groups excluding carboxylic acids is 2. The van der Waals surface area contributed by atoms with Crippen molar-refractivity contribution in [3.63, 3.8) is 0 Å². The van der Waals surface area contributed by atoms with Gasteiger partial charge in [-0.05, 0) is 31.0 Å². The van der Waals surface area contributed by atoms with Crippen LogP contribution in [0.1, 0.15) is 19.3 Å². The Bertz CT molecular complexity index is 731. The average molecular weight is 421 g/mol. The van der Waals surface area contributed by atoms with Gasteiger partial charge >= 0.3 is 0 Å². The maximum Gasteiger partial charge on any atom is 0.277 e. The number of rotatable bonds is 5. The van der Waals surface area contributed by atoms with Gasteiger partial charge in [0.1, 0.15) is 0 Å². The summed E-state index contributed by atoms with van der Waals surface area (Å²) in [7, 11) is 0. The van der Waals surface area contributed by atoms with Crippen molar-refractivity contribution >= 4 is 23.6 Å². The summed E-state index contributed by atoms with van der Waals surface area (Å²) in [6.45, 7) is 6.87. The molecule has 7 nitrogen and oxygen atoms in total. The van der Waals surface area contributed by atoms with E-state index in [0.29, 0.717) is 25.5 Å². The Balaban J connectivity index is 1.21. The van der Waals surface area contributed by atoms with Crippen LogP contribution in [0.2, 0.25) is 0 Å². The molecule has 3 heterocycles. The SMILES string of the molecule is O=C(CSc1ccc2c(c1)OCCCO2)N1CC[NH+](CC(=O)N2CCCC2)CC1. The van der Waals surface area contributed by atoms with Crippen LogP contribution in [0.25, 0.3) is 0 Å². The lowest BCUT2D eigenvalue weighted by Gasteiger charge is -2.32. The van der Waals surface area contributed by atoms with Crippen LogP contribution in [-0.2, 0) is 9.59 Å². The smallest absolute Gasteiger partial charge is 0.277 e. The Morgan fingerprint density at radius 2 is 1.59 bits per heavy atom. The van der Waals surface area contributed by atoms with Crippen LogP contribution >= 0.6 is 11.8 Å². The second-order valence-electron chi connectivity index (χ2n) is 7.84. The number of fused-ring (bicyclic) bond motifs is 1. The van der Waals surface area contributed by atoms with Crippen molar-refractivity contribution in [2.24, 2.45) is 0 Å². The Kier molecular flexibility index (Phi) is 6.82. The summed E-state index contributed by atoms with van der Waals surface area (Å²) in [6.07, 6.45) is 3.14. The van der Waals surface area contributed by atoms with Gasteiger partial charge in [0, 0.05) is 24.4 Å². The minimum absolute atomic E-state index is 0.159. The molecular weight excluding hydrogens is 390 g/mol. The first-order valence-corrected chi connectivity index (χ1v) is 11.6. The summed E-state index contributed by atoms with van der Waals surface area (Å²) in [5, 5.41) is 0. The van der Waals surface area contributed by atoms with E-state index >= 15 is 0 Å². The van der Waals surface area contributed by atoms with Crippen LogP contribution in [0, 0.1) is 0 Å². The van der Waals surface area contributed by atoms with Crippen molar-refractivity contribution in [3.8, 4) is 11.5 Å². The van der Waals surface area contributed by atoms with Crippen LogP contribution < -0.4 is 14.4 Å². The summed E-state index contributed by atoms with van der Waals surface area (Å²) in [6, 6.07) is 5.87. The Morgan fingerprint density at radius 1 is 0.897 bits per heavy atom. The predicted octanol–water partition coefficient (Wildman–Crippen LogP) is 0.290. The lowest BCUT2D eigenvalue weighted by Crippen LogP contribution is -3.15. The molecule has 1 aromatic carbocycles. The first-order valence-electron chi connectivity index (χ1n) is 10.6. The number of ether oxygens (including phenoxy) is 2. The summed E-state index contributed by atoms with van der Waals surface area (Å²) < 4.78 is 11.4. The number of nitrogens with zero attached hydrogens (tertiary/aromatic N) is 2. The highest BCUT2D eigenvalue weighted by atomic mass is 32.2. The van der Waals surface area contributed by atoms with Crippen LogP contribution in [0.3, 0.4) is 0 Å². The molecule has 0 aliphatic carbocycles. The Hall–Kier alpha value is -1.93. The number of likely N-dealkylation sites (tertiary alicyclic amines) is 1. The molecular formula is C21H30N3O4S+. The number of quaternary nitrogens is 1. The molecule has 1 aromatic rings. The van der Waals surface area contributed by atoms with Gasteiger partial charge in [0.05, 0.1) is 45.1 Å². The third kappa shape index (κ3) is 5.36. The van der Waals surface area contributed by atoms with Gasteiger partial charge in [-0.3, -0.25) is 9.59 Å². The number of amides is 2. The van der Waals surface area contributed by atoms with Gasteiger partial charge in [0.25, 0.3) is 5.91 Å². The number of piperazine rings is 1. The summed E-state index contributed by atoms with van der Waals surface area (Å²) >= 11 is 1.54. The standard InChI is InChI=1S/C21H29N3O4S/c25-20(23-6-1-2-7-23)15-22-8-10-24(11-9-22)21(26)16-29-17-4-5-18-19(14-17)28-13-3-12-27-18/h4-5,14H,1-3,6-13,15-16H2/p+1. The summed E-state index contributed by atoms with van der Waals surface area (Å²) in [5.41, 5.74) is 0. The number of thioether (sulfide) groups is 1. The highest BCUT2D eigenvalue weighted by Gasteiger charge is 2.27. The molecule has 1 N–H and O–H groups in total. The fourth-order valence-corrected chi connectivity index (χ4v) is 4.84. The van der Waals surface area contributed by atoms with Gasteiger partial charge in [-0.2, -0.15) is 0 Å². The zero-order valence-electron chi connectivity index (χ0n) is 16.9. The van der Waals surface area contributed by atoms with E-state index in [9.17, 15) is 9.59 Å². The summed E-state index contributed by atoms with van der Waals surface area (Å²) in [4.78, 5) is 31.2. The van der Waals surface area contributed by atoms with E-state index in [2.05, 4.69) is 0 Å². The molecule has 2 amide bonds. The number of carbonyl (C=O) groups is 2. The average Bonchev–Trinajstić information content (AvgIpc) is 3.19. The van der Waals surface area contributed by atoms with E-state index in [4.69, 9.17) is 9.47 Å². The van der Waals surface area contributed by atoms with Gasteiger partial charge < -0.3 is 24.2 Å². The monoisotopic (exact) mass is 420 g/mol. The normalized spacial score (nSPS) is 19.9. The van der Waals surface area contributed by atoms with Crippen molar-refractivity contribution < 1.29 is 24.0 Å². The van der Waals surface area contributed by atoms with Crippen molar-refractivity contribution in [2.75, 3.05) is 64.8 Å². The van der Waals surface area contributed by atoms with E-state index < -0.39 is 0 Å². The molecule has 0 bridgehead atoms. The van der Waals surface area contributed by atoms with Crippen LogP contribution in [-0.4, -0.2) is 86.4 Å². The van der Waals surface area contributed by atoms with Crippen molar-refractivity contribution in [1.29, 1.82) is 0 Å². The van der Waals surface area contributed by atoms with Gasteiger partial charge in [0.2, 0.25) is 5.91 Å². The molecule has 0 radical (unpaired) electrons. The molecule has 29 heavy (non-hydrogen) atoms. The molecule has 0 saturated carbocycles. The van der Waals surface area contributed by atoms with E-state index in [1.807, 2.05) is 28.0 Å². The molecule has 4 rings (SSSR count). The summed E-state index contributed by atoms with van der Waals surface area (Å²) in [5.74, 6) is 2.39. The quantitative estimate of drug-likeness (QED) is 0.694. The fourth-order valence-electron chi connectivity index (χ4n) is 4.01. The van der Waals surface area contributed by atoms with Crippen LogP contribution in [0.4, 0.5) is 0 Å². The third-order valence-corrected chi connectivity index (χ3v) is 6.74. The maximum atomic E-state index is 12.6. The zero-order valence-corrected chi connectivity index (χ0v) is 17.7. The number of hydrogen-bond donors (Lipinski definition) is 1. The van der Waals surface area contributed by atoms with Crippen molar-refractivity contribution in [1.82, 2.24) is 9.80 Å². The van der Waals surface area contributed by atoms with E-state index in [1.165, 1.54) is 16.7 Å². The van der Waals surface area contributed by atoms with E-state index in [-0.39, 0.29) is 11.8 Å². The fraction of sp³-hybridized carbons (Fsp3) is 0.619. The van der Waals surface area contributed by atoms with Crippen molar-refractivity contribution in [3.05, 3.63) is 18.2 Å². The Labute approximate surface area is 176 Å². The molecule has 0 aromatic heterocycles. The number of benzene rings is 1. The first kappa shape index (κ1) is 20.3. The Morgan fingerprint density at radius 3 is 2.34 bits per heavy atom. The number of hydrogen-bond acceptors (Lipinski definition) is 5. The van der Waals surface area contributed by atoms with Gasteiger partial charge in [0.15, 0.2) is 18.0 Å². The van der Waals surface area contributed by atoms with Crippen LogP contribution in [0.5, 0.6) is 11.5 Å². The highest BCUT2D eigenvalue weighted by Crippen LogP contribution is 2.33. The maximum absolute atomic E-state index is 12.6. The predicted molar refractivity (Wildman–Crippen MR) is 111 cm³/mol. The molecule has 3 aliphatic heterocycles. The molecule has 2 fully saturated rings. The first-order chi connectivity index (χ1) is 14.2.